The van der Waals surface area contributed by atoms with Crippen LogP contribution in [0.5, 0.6) is 0 Å². The minimum atomic E-state index is -1.19. The maximum Gasteiger partial charge on any atom is 0.421 e. The third-order valence-corrected chi connectivity index (χ3v) is 0.819. The van der Waals surface area contributed by atoms with Crippen LogP contribution in [-0.2, 0) is 24.2 Å². The summed E-state index contributed by atoms with van der Waals surface area (Å²) in [5, 5.41) is 2.47. The van der Waals surface area contributed by atoms with Crippen LogP contribution in [0.15, 0.2) is 0 Å². The Morgan fingerprint density at radius 3 is 2.25 bits per heavy atom. The van der Waals surface area contributed by atoms with E-state index in [1.165, 1.54) is 7.05 Å². The highest BCUT2D eigenvalue weighted by molar-refractivity contribution is 6.32. The number of hydrogen-bond acceptors (Lipinski definition) is 6. The standard InChI is InChI=1S/C6H9NO5/c1-4(8)6(10)12-11-5(9)3-7-2/h7H,3H2,1-2H3. The van der Waals surface area contributed by atoms with Gasteiger partial charge in [-0.05, 0) is 7.05 Å². The molecule has 0 aliphatic rings. The van der Waals surface area contributed by atoms with Gasteiger partial charge >= 0.3 is 11.9 Å². The molecule has 1 N–H and O–H groups in total. The summed E-state index contributed by atoms with van der Waals surface area (Å²) in [7, 11) is 1.52. The topological polar surface area (TPSA) is 81.7 Å². The average molecular weight is 175 g/mol. The molecule has 6 nitrogen and oxygen atoms in total. The van der Waals surface area contributed by atoms with Gasteiger partial charge in [0.15, 0.2) is 0 Å². The van der Waals surface area contributed by atoms with Gasteiger partial charge in [0.1, 0.15) is 0 Å². The minimum Gasteiger partial charge on any atom is -0.310 e. The molecule has 0 heterocycles. The summed E-state index contributed by atoms with van der Waals surface area (Å²) in [5.41, 5.74) is 0. The van der Waals surface area contributed by atoms with Crippen LogP contribution in [0.2, 0.25) is 0 Å². The van der Waals surface area contributed by atoms with Gasteiger partial charge in [0.05, 0.1) is 6.54 Å². The van der Waals surface area contributed by atoms with E-state index >= 15 is 0 Å². The van der Waals surface area contributed by atoms with E-state index in [0.717, 1.165) is 6.92 Å². The highest BCUT2D eigenvalue weighted by Crippen LogP contribution is 1.83. The normalized spacial score (nSPS) is 8.83. The van der Waals surface area contributed by atoms with Crippen LogP contribution in [0.1, 0.15) is 6.92 Å². The fraction of sp³-hybridized carbons (Fsp3) is 0.500. The molecule has 0 radical (unpaired) electrons. The van der Waals surface area contributed by atoms with E-state index in [2.05, 4.69) is 15.1 Å². The number of carbonyl (C=O) groups excluding carboxylic acids is 3. The predicted molar refractivity (Wildman–Crippen MR) is 36.8 cm³/mol. The van der Waals surface area contributed by atoms with Crippen molar-refractivity contribution >= 4 is 17.7 Å². The molecule has 6 heteroatoms. The molecule has 0 amide bonds. The average Bonchev–Trinajstić information content (AvgIpc) is 2.00. The van der Waals surface area contributed by atoms with Gasteiger partial charge in [-0.15, -0.1) is 0 Å². The van der Waals surface area contributed by atoms with Gasteiger partial charge < -0.3 is 5.32 Å². The van der Waals surface area contributed by atoms with Crippen LogP contribution in [0.4, 0.5) is 0 Å². The van der Waals surface area contributed by atoms with Crippen molar-refractivity contribution in [1.82, 2.24) is 5.32 Å². The summed E-state index contributed by atoms with van der Waals surface area (Å²) in [6.45, 7) is 0.916. The summed E-state index contributed by atoms with van der Waals surface area (Å²) in [5.74, 6) is -2.79. The zero-order valence-corrected chi connectivity index (χ0v) is 6.75. The molecule has 0 spiro atoms. The lowest BCUT2D eigenvalue weighted by Crippen LogP contribution is -2.24. The molecule has 0 aliphatic heterocycles. The van der Waals surface area contributed by atoms with Crippen LogP contribution in [0.3, 0.4) is 0 Å². The zero-order valence-electron chi connectivity index (χ0n) is 6.75. The van der Waals surface area contributed by atoms with Crippen LogP contribution >= 0.6 is 0 Å². The molecule has 0 saturated carbocycles. The van der Waals surface area contributed by atoms with E-state index in [1.54, 1.807) is 0 Å². The molecular formula is C6H9NO5. The first kappa shape index (κ1) is 10.6. The quantitative estimate of drug-likeness (QED) is 0.329. The molecule has 0 aromatic rings. The van der Waals surface area contributed by atoms with E-state index in [0.29, 0.717) is 0 Å². The molecule has 12 heavy (non-hydrogen) atoms. The van der Waals surface area contributed by atoms with Gasteiger partial charge in [0.25, 0.3) is 0 Å². The smallest absolute Gasteiger partial charge is 0.310 e. The zero-order chi connectivity index (χ0) is 9.56. The number of carbonyl (C=O) groups is 3. The number of Topliss-reactive ketones (excluding diaryl/α,β-unsaturated/α-hetero) is 1. The second-order valence-corrected chi connectivity index (χ2v) is 1.91. The van der Waals surface area contributed by atoms with Crippen molar-refractivity contribution in [3.05, 3.63) is 0 Å². The molecule has 0 aromatic carbocycles. The lowest BCUT2D eigenvalue weighted by molar-refractivity contribution is -0.255. The maximum atomic E-state index is 10.5. The van der Waals surface area contributed by atoms with Crippen molar-refractivity contribution < 1.29 is 24.2 Å². The van der Waals surface area contributed by atoms with Crippen LogP contribution in [0, 0.1) is 0 Å². The molecule has 0 atom stereocenters. The summed E-state index contributed by atoms with van der Waals surface area (Å²) >= 11 is 0. The highest BCUT2D eigenvalue weighted by Gasteiger charge is 2.12. The summed E-state index contributed by atoms with van der Waals surface area (Å²) in [4.78, 5) is 38.9. The Morgan fingerprint density at radius 1 is 1.25 bits per heavy atom. The van der Waals surface area contributed by atoms with Crippen molar-refractivity contribution in [3.63, 3.8) is 0 Å². The number of likely N-dealkylation sites (N-methyl/N-ethyl adjacent to an activating group) is 1. The van der Waals surface area contributed by atoms with E-state index < -0.39 is 17.7 Å². The van der Waals surface area contributed by atoms with Crippen LogP contribution in [-0.4, -0.2) is 31.3 Å². The molecule has 0 saturated heterocycles. The second-order valence-electron chi connectivity index (χ2n) is 1.91. The molecule has 0 unspecified atom stereocenters. The minimum absolute atomic E-state index is 0.0921. The molecule has 0 bridgehead atoms. The summed E-state index contributed by atoms with van der Waals surface area (Å²) in [6, 6.07) is 0. The van der Waals surface area contributed by atoms with E-state index in [9.17, 15) is 14.4 Å². The SMILES string of the molecule is CNCC(=O)OOC(=O)C(C)=O. The Balaban J connectivity index is 3.61. The van der Waals surface area contributed by atoms with E-state index in [-0.39, 0.29) is 6.54 Å². The van der Waals surface area contributed by atoms with Crippen molar-refractivity contribution in [1.29, 1.82) is 0 Å². The molecule has 0 fully saturated rings. The third kappa shape index (κ3) is 4.40. The third-order valence-electron chi connectivity index (χ3n) is 0.819. The van der Waals surface area contributed by atoms with Gasteiger partial charge in [0.2, 0.25) is 5.78 Å². The monoisotopic (exact) mass is 175 g/mol. The molecular weight excluding hydrogens is 166 g/mol. The highest BCUT2D eigenvalue weighted by atomic mass is 17.2. The van der Waals surface area contributed by atoms with E-state index in [1.807, 2.05) is 0 Å². The first-order chi connectivity index (χ1) is 5.57. The second kappa shape index (κ2) is 5.25. The van der Waals surface area contributed by atoms with Crippen molar-refractivity contribution in [2.75, 3.05) is 13.6 Å². The number of hydrogen-bond donors (Lipinski definition) is 1. The van der Waals surface area contributed by atoms with Gasteiger partial charge in [-0.1, -0.05) is 0 Å². The summed E-state index contributed by atoms with van der Waals surface area (Å²) < 4.78 is 0. The van der Waals surface area contributed by atoms with Crippen molar-refractivity contribution in [2.24, 2.45) is 0 Å². The largest absolute Gasteiger partial charge is 0.421 e. The lowest BCUT2D eigenvalue weighted by atomic mass is 10.5. The summed E-state index contributed by atoms with van der Waals surface area (Å²) in [6.07, 6.45) is 0. The lowest BCUT2D eigenvalue weighted by Gasteiger charge is -1.99. The molecule has 0 aliphatic carbocycles. The van der Waals surface area contributed by atoms with Gasteiger partial charge in [-0.2, -0.15) is 0 Å². The number of ketones is 1. The molecule has 0 rings (SSSR count). The van der Waals surface area contributed by atoms with Crippen molar-refractivity contribution in [3.8, 4) is 0 Å². The Hall–Kier alpha value is -1.43. The van der Waals surface area contributed by atoms with Gasteiger partial charge in [-0.25, -0.2) is 19.4 Å². The molecule has 68 valence electrons. The van der Waals surface area contributed by atoms with Gasteiger partial charge in [-0.3, -0.25) is 4.79 Å². The van der Waals surface area contributed by atoms with Gasteiger partial charge in [0, 0.05) is 6.92 Å². The fourth-order valence-corrected chi connectivity index (χ4v) is 0.317. The maximum absolute atomic E-state index is 10.5. The van der Waals surface area contributed by atoms with Crippen LogP contribution < -0.4 is 5.32 Å². The Bertz CT molecular complexity index is 200. The predicted octanol–water partition coefficient (Wildman–Crippen LogP) is -1.20. The van der Waals surface area contributed by atoms with Crippen LogP contribution in [0.25, 0.3) is 0 Å². The molecule has 0 aromatic heterocycles. The van der Waals surface area contributed by atoms with Crippen molar-refractivity contribution in [2.45, 2.75) is 6.92 Å². The van der Waals surface area contributed by atoms with E-state index in [4.69, 9.17) is 0 Å². The first-order valence-electron chi connectivity index (χ1n) is 3.14. The Morgan fingerprint density at radius 2 is 1.83 bits per heavy atom. The first-order valence-corrected chi connectivity index (χ1v) is 3.14. The Labute approximate surface area is 68.8 Å². The number of nitrogens with one attached hydrogen (secondary N) is 1. The Kier molecular flexibility index (Phi) is 4.62. The fourth-order valence-electron chi connectivity index (χ4n) is 0.317. The number of rotatable bonds is 3.